The highest BCUT2D eigenvalue weighted by molar-refractivity contribution is 6.32. The van der Waals surface area contributed by atoms with Crippen molar-refractivity contribution in [2.24, 2.45) is 11.7 Å². The van der Waals surface area contributed by atoms with Crippen molar-refractivity contribution >= 4 is 23.2 Å². The summed E-state index contributed by atoms with van der Waals surface area (Å²) in [6.07, 6.45) is 3.69. The Morgan fingerprint density at radius 3 is 2.80 bits per heavy atom. The summed E-state index contributed by atoms with van der Waals surface area (Å²) in [5.41, 5.74) is 6.79. The molecule has 20 heavy (non-hydrogen) atoms. The number of benzene rings is 1. The highest BCUT2D eigenvalue weighted by Gasteiger charge is 2.27. The molecule has 0 radical (unpaired) electrons. The van der Waals surface area contributed by atoms with E-state index in [0.717, 1.165) is 24.9 Å². The van der Waals surface area contributed by atoms with Crippen LogP contribution in [0.3, 0.4) is 0 Å². The summed E-state index contributed by atoms with van der Waals surface area (Å²) in [7, 11) is 3.33. The lowest BCUT2D eigenvalue weighted by Gasteiger charge is -2.21. The van der Waals surface area contributed by atoms with Crippen LogP contribution in [0.1, 0.15) is 25.7 Å². The molecule has 1 saturated carbocycles. The summed E-state index contributed by atoms with van der Waals surface area (Å²) in [4.78, 5) is 13.9. The molecule has 0 unspecified atom stereocenters. The number of nitrogens with two attached hydrogens (primary N) is 1. The van der Waals surface area contributed by atoms with Gasteiger partial charge in [-0.05, 0) is 37.0 Å². The van der Waals surface area contributed by atoms with E-state index in [2.05, 4.69) is 0 Å². The van der Waals surface area contributed by atoms with Crippen LogP contribution < -0.4 is 15.4 Å². The van der Waals surface area contributed by atoms with Crippen LogP contribution in [0, 0.1) is 5.92 Å². The van der Waals surface area contributed by atoms with Gasteiger partial charge in [-0.25, -0.2) is 0 Å². The zero-order chi connectivity index (χ0) is 14.7. The van der Waals surface area contributed by atoms with Crippen molar-refractivity contribution in [1.82, 2.24) is 0 Å². The molecule has 2 rings (SSSR count). The fraction of sp³-hybridized carbons (Fsp3) is 0.533. The maximum absolute atomic E-state index is 12.3. The second kappa shape index (κ2) is 6.46. The molecule has 1 aromatic rings. The van der Waals surface area contributed by atoms with Gasteiger partial charge in [-0.3, -0.25) is 4.79 Å². The van der Waals surface area contributed by atoms with E-state index in [9.17, 15) is 4.79 Å². The van der Waals surface area contributed by atoms with Crippen molar-refractivity contribution in [3.8, 4) is 5.75 Å². The molecule has 4 nitrogen and oxygen atoms in total. The first-order valence-corrected chi connectivity index (χ1v) is 7.26. The summed E-state index contributed by atoms with van der Waals surface area (Å²) in [6.45, 7) is 0. The van der Waals surface area contributed by atoms with Crippen molar-refractivity contribution < 1.29 is 9.53 Å². The molecule has 1 aliphatic rings. The topological polar surface area (TPSA) is 55.6 Å². The number of amides is 1. The Morgan fingerprint density at radius 2 is 2.25 bits per heavy atom. The van der Waals surface area contributed by atoms with E-state index >= 15 is 0 Å². The van der Waals surface area contributed by atoms with Crippen LogP contribution in [0.2, 0.25) is 5.02 Å². The van der Waals surface area contributed by atoms with E-state index in [1.807, 2.05) is 6.07 Å². The highest BCUT2D eigenvalue weighted by atomic mass is 35.5. The molecule has 1 aromatic carbocycles. The number of methoxy groups -OCH3 is 1. The standard InChI is InChI=1S/C15H21ClN2O2/c1-18(11-6-7-14(20-2)12(16)9-11)15(19)8-10-4-3-5-13(10)17/h6-7,9-10,13H,3-5,8,17H2,1-2H3/t10-,13+/m0/s1. The molecular weight excluding hydrogens is 276 g/mol. The number of halogens is 1. The van der Waals surface area contributed by atoms with Gasteiger partial charge in [0.05, 0.1) is 12.1 Å². The van der Waals surface area contributed by atoms with Gasteiger partial charge < -0.3 is 15.4 Å². The Labute approximate surface area is 124 Å². The fourth-order valence-corrected chi connectivity index (χ4v) is 2.94. The minimum Gasteiger partial charge on any atom is -0.495 e. The zero-order valence-electron chi connectivity index (χ0n) is 11.9. The van der Waals surface area contributed by atoms with Crippen molar-refractivity contribution in [3.63, 3.8) is 0 Å². The van der Waals surface area contributed by atoms with Crippen molar-refractivity contribution in [2.75, 3.05) is 19.1 Å². The molecule has 0 bridgehead atoms. The molecule has 110 valence electrons. The van der Waals surface area contributed by atoms with Gasteiger partial charge in [0.1, 0.15) is 5.75 Å². The third kappa shape index (κ3) is 3.25. The number of ether oxygens (including phenoxy) is 1. The van der Waals surface area contributed by atoms with Crippen LogP contribution in [0.15, 0.2) is 18.2 Å². The molecule has 2 N–H and O–H groups in total. The first-order valence-electron chi connectivity index (χ1n) is 6.88. The van der Waals surface area contributed by atoms with Gasteiger partial charge in [0.25, 0.3) is 0 Å². The first-order chi connectivity index (χ1) is 9.52. The lowest BCUT2D eigenvalue weighted by molar-refractivity contribution is -0.119. The first kappa shape index (κ1) is 15.1. The van der Waals surface area contributed by atoms with Gasteiger partial charge >= 0.3 is 0 Å². The van der Waals surface area contributed by atoms with Gasteiger partial charge in [-0.2, -0.15) is 0 Å². The van der Waals surface area contributed by atoms with Gasteiger partial charge in [0, 0.05) is 25.2 Å². The molecule has 0 heterocycles. The second-order valence-electron chi connectivity index (χ2n) is 5.33. The third-order valence-corrected chi connectivity index (χ3v) is 4.35. The van der Waals surface area contributed by atoms with E-state index in [4.69, 9.17) is 22.1 Å². The zero-order valence-corrected chi connectivity index (χ0v) is 12.7. The summed E-state index contributed by atoms with van der Waals surface area (Å²) < 4.78 is 5.11. The van der Waals surface area contributed by atoms with Crippen LogP contribution >= 0.6 is 11.6 Å². The Hall–Kier alpha value is -1.26. The summed E-state index contributed by atoms with van der Waals surface area (Å²) in [5.74, 6) is 0.987. The Morgan fingerprint density at radius 1 is 1.50 bits per heavy atom. The molecular formula is C15H21ClN2O2. The van der Waals surface area contributed by atoms with E-state index in [0.29, 0.717) is 23.1 Å². The molecule has 1 fully saturated rings. The van der Waals surface area contributed by atoms with Crippen LogP contribution in [-0.2, 0) is 4.79 Å². The van der Waals surface area contributed by atoms with Crippen LogP contribution in [0.5, 0.6) is 5.75 Å². The summed E-state index contributed by atoms with van der Waals surface area (Å²) in [5, 5.41) is 0.502. The molecule has 1 amide bonds. The average Bonchev–Trinajstić information content (AvgIpc) is 2.83. The number of carbonyl (C=O) groups excluding carboxylic acids is 1. The quantitative estimate of drug-likeness (QED) is 0.929. The predicted octanol–water partition coefficient (Wildman–Crippen LogP) is 2.83. The third-order valence-electron chi connectivity index (χ3n) is 4.05. The van der Waals surface area contributed by atoms with Gasteiger partial charge in [-0.1, -0.05) is 18.0 Å². The normalized spacial score (nSPS) is 21.8. The summed E-state index contributed by atoms with van der Waals surface area (Å²) in [6, 6.07) is 5.50. The minimum atomic E-state index is 0.0774. The SMILES string of the molecule is COc1ccc(N(C)C(=O)C[C@@H]2CCC[C@H]2N)cc1Cl. The molecule has 0 saturated heterocycles. The second-order valence-corrected chi connectivity index (χ2v) is 5.74. The van der Waals surface area contributed by atoms with Crippen LogP contribution in [0.4, 0.5) is 5.69 Å². The van der Waals surface area contributed by atoms with Gasteiger partial charge in [-0.15, -0.1) is 0 Å². The van der Waals surface area contributed by atoms with E-state index in [1.165, 1.54) is 0 Å². The molecule has 0 aliphatic heterocycles. The van der Waals surface area contributed by atoms with Crippen molar-refractivity contribution in [2.45, 2.75) is 31.7 Å². The Balaban J connectivity index is 2.04. The number of hydrogen-bond acceptors (Lipinski definition) is 3. The van der Waals surface area contributed by atoms with E-state index in [-0.39, 0.29) is 11.9 Å². The molecule has 0 aromatic heterocycles. The maximum atomic E-state index is 12.3. The Kier molecular flexibility index (Phi) is 4.89. The average molecular weight is 297 g/mol. The lowest BCUT2D eigenvalue weighted by atomic mass is 9.99. The van der Waals surface area contributed by atoms with Gasteiger partial charge in [0.2, 0.25) is 5.91 Å². The molecule has 2 atom stereocenters. The van der Waals surface area contributed by atoms with E-state index in [1.54, 1.807) is 31.2 Å². The summed E-state index contributed by atoms with van der Waals surface area (Å²) >= 11 is 6.09. The molecule has 0 spiro atoms. The highest BCUT2D eigenvalue weighted by Crippen LogP contribution is 2.31. The Bertz CT molecular complexity index is 493. The van der Waals surface area contributed by atoms with Crippen LogP contribution in [-0.4, -0.2) is 26.1 Å². The number of hydrogen-bond donors (Lipinski definition) is 1. The molecule has 1 aliphatic carbocycles. The van der Waals surface area contributed by atoms with Crippen LogP contribution in [0.25, 0.3) is 0 Å². The maximum Gasteiger partial charge on any atom is 0.227 e. The minimum absolute atomic E-state index is 0.0774. The predicted molar refractivity (Wildman–Crippen MR) is 81.3 cm³/mol. The lowest BCUT2D eigenvalue weighted by Crippen LogP contribution is -2.32. The van der Waals surface area contributed by atoms with Gasteiger partial charge in [0.15, 0.2) is 0 Å². The monoisotopic (exact) mass is 296 g/mol. The molecule has 5 heteroatoms. The van der Waals surface area contributed by atoms with E-state index < -0.39 is 0 Å². The number of rotatable bonds is 4. The van der Waals surface area contributed by atoms with Crippen molar-refractivity contribution in [3.05, 3.63) is 23.2 Å². The number of nitrogens with zero attached hydrogens (tertiary/aromatic N) is 1. The smallest absolute Gasteiger partial charge is 0.227 e. The fourth-order valence-electron chi connectivity index (χ4n) is 2.69. The van der Waals surface area contributed by atoms with Crippen molar-refractivity contribution in [1.29, 1.82) is 0 Å². The number of carbonyl (C=O) groups is 1. The largest absolute Gasteiger partial charge is 0.495 e. The number of anilines is 1.